The van der Waals surface area contributed by atoms with Crippen molar-refractivity contribution in [1.82, 2.24) is 0 Å². The largest absolute Gasteiger partial charge is 0.508 e. The van der Waals surface area contributed by atoms with Gasteiger partial charge >= 0.3 is 0 Å². The van der Waals surface area contributed by atoms with Gasteiger partial charge in [0.05, 0.1) is 12.6 Å². The lowest BCUT2D eigenvalue weighted by Gasteiger charge is -2.38. The van der Waals surface area contributed by atoms with E-state index in [4.69, 9.17) is 9.47 Å². The monoisotopic (exact) mass is 401 g/mol. The molecule has 5 rings (SSSR count). The molecular formula is C26H27NO3. The molecule has 3 atom stereocenters. The van der Waals surface area contributed by atoms with Crippen LogP contribution < -0.4 is 10.1 Å². The standard InChI is InChI=1S/C26H27NO3/c1-2-29-14-15-30-18-11-12-23-22(16-18)20-8-5-9-21(20)26(27-23)25-19-7-4-3-6-17(19)10-13-24(25)28/h3-8,10-13,16,20-21,26-28H,2,9,14-15H2,1H3. The zero-order chi connectivity index (χ0) is 20.5. The Kier molecular flexibility index (Phi) is 5.09. The highest BCUT2D eigenvalue weighted by atomic mass is 16.5. The Bertz CT molecular complexity index is 1090. The molecule has 30 heavy (non-hydrogen) atoms. The van der Waals surface area contributed by atoms with Crippen molar-refractivity contribution in [2.75, 3.05) is 25.1 Å². The normalized spacial score (nSPS) is 21.8. The average Bonchev–Trinajstić information content (AvgIpc) is 3.27. The van der Waals surface area contributed by atoms with Crippen LogP contribution in [-0.4, -0.2) is 24.9 Å². The molecule has 0 aromatic heterocycles. The first kappa shape index (κ1) is 19.0. The van der Waals surface area contributed by atoms with Crippen LogP contribution in [0.5, 0.6) is 11.5 Å². The summed E-state index contributed by atoms with van der Waals surface area (Å²) in [4.78, 5) is 0. The molecule has 4 heteroatoms. The fourth-order valence-corrected chi connectivity index (χ4v) is 4.92. The van der Waals surface area contributed by atoms with Crippen LogP contribution in [0.3, 0.4) is 0 Å². The first-order valence-corrected chi connectivity index (χ1v) is 10.7. The van der Waals surface area contributed by atoms with Crippen LogP contribution in [0.25, 0.3) is 10.8 Å². The van der Waals surface area contributed by atoms with Crippen molar-refractivity contribution in [2.24, 2.45) is 5.92 Å². The van der Waals surface area contributed by atoms with Gasteiger partial charge in [0.2, 0.25) is 0 Å². The minimum atomic E-state index is 0.0494. The Balaban J connectivity index is 1.50. The molecule has 0 radical (unpaired) electrons. The van der Waals surface area contributed by atoms with Crippen LogP contribution in [0.15, 0.2) is 66.7 Å². The lowest BCUT2D eigenvalue weighted by molar-refractivity contribution is 0.110. The molecule has 3 unspecified atom stereocenters. The molecule has 0 saturated heterocycles. The van der Waals surface area contributed by atoms with Gasteiger partial charge in [-0.25, -0.2) is 0 Å². The van der Waals surface area contributed by atoms with Crippen molar-refractivity contribution < 1.29 is 14.6 Å². The predicted molar refractivity (Wildman–Crippen MR) is 120 cm³/mol. The van der Waals surface area contributed by atoms with Crippen LogP contribution in [0.4, 0.5) is 5.69 Å². The summed E-state index contributed by atoms with van der Waals surface area (Å²) in [5.41, 5.74) is 3.37. The van der Waals surface area contributed by atoms with Crippen molar-refractivity contribution >= 4 is 16.5 Å². The summed E-state index contributed by atoms with van der Waals surface area (Å²) >= 11 is 0. The van der Waals surface area contributed by atoms with E-state index in [1.54, 1.807) is 0 Å². The van der Waals surface area contributed by atoms with E-state index in [-0.39, 0.29) is 6.04 Å². The first-order valence-electron chi connectivity index (χ1n) is 10.7. The van der Waals surface area contributed by atoms with Crippen LogP contribution in [0, 0.1) is 5.92 Å². The molecule has 1 aliphatic heterocycles. The van der Waals surface area contributed by atoms with Gasteiger partial charge in [0.1, 0.15) is 18.1 Å². The van der Waals surface area contributed by atoms with Crippen molar-refractivity contribution in [1.29, 1.82) is 0 Å². The minimum absolute atomic E-state index is 0.0494. The van der Waals surface area contributed by atoms with E-state index in [0.717, 1.165) is 34.2 Å². The van der Waals surface area contributed by atoms with Gasteiger partial charge in [-0.05, 0) is 59.9 Å². The van der Waals surface area contributed by atoms with E-state index in [1.165, 1.54) is 5.56 Å². The number of nitrogens with one attached hydrogen (secondary N) is 1. The van der Waals surface area contributed by atoms with Crippen molar-refractivity contribution in [3.8, 4) is 11.5 Å². The summed E-state index contributed by atoms with van der Waals surface area (Å²) in [6.45, 7) is 3.84. The molecule has 2 aliphatic rings. The van der Waals surface area contributed by atoms with Gasteiger partial charge in [-0.15, -0.1) is 0 Å². The smallest absolute Gasteiger partial charge is 0.121 e. The SMILES string of the molecule is CCOCCOc1ccc2c(c1)C1C=CCC1C(c1c(O)ccc3ccccc13)N2. The number of aromatic hydroxyl groups is 1. The number of phenolic OH excluding ortho intramolecular Hbond substituents is 1. The molecule has 0 saturated carbocycles. The van der Waals surface area contributed by atoms with Crippen molar-refractivity contribution in [2.45, 2.75) is 25.3 Å². The van der Waals surface area contributed by atoms with E-state index >= 15 is 0 Å². The number of benzene rings is 3. The molecule has 2 N–H and O–H groups in total. The molecule has 0 spiro atoms. The molecule has 0 fully saturated rings. The second-order valence-electron chi connectivity index (χ2n) is 7.99. The summed E-state index contributed by atoms with van der Waals surface area (Å²) < 4.78 is 11.3. The van der Waals surface area contributed by atoms with Gasteiger partial charge in [-0.3, -0.25) is 0 Å². The minimum Gasteiger partial charge on any atom is -0.508 e. The Morgan fingerprint density at radius 1 is 1.07 bits per heavy atom. The van der Waals surface area contributed by atoms with E-state index in [9.17, 15) is 5.11 Å². The lowest BCUT2D eigenvalue weighted by Crippen LogP contribution is -2.29. The highest BCUT2D eigenvalue weighted by Crippen LogP contribution is 2.52. The molecule has 3 aromatic carbocycles. The van der Waals surface area contributed by atoms with E-state index < -0.39 is 0 Å². The zero-order valence-electron chi connectivity index (χ0n) is 17.2. The van der Waals surface area contributed by atoms with E-state index in [1.807, 2.05) is 37.3 Å². The maximum Gasteiger partial charge on any atom is 0.121 e. The number of hydrogen-bond acceptors (Lipinski definition) is 4. The van der Waals surface area contributed by atoms with Gasteiger partial charge in [-0.1, -0.05) is 42.5 Å². The van der Waals surface area contributed by atoms with Crippen LogP contribution in [0.1, 0.15) is 36.4 Å². The molecule has 154 valence electrons. The van der Waals surface area contributed by atoms with Crippen LogP contribution >= 0.6 is 0 Å². The summed E-state index contributed by atoms with van der Waals surface area (Å²) in [6, 6.07) is 18.4. The highest BCUT2D eigenvalue weighted by molar-refractivity contribution is 5.89. The number of hydrogen-bond donors (Lipinski definition) is 2. The van der Waals surface area contributed by atoms with Crippen LogP contribution in [-0.2, 0) is 4.74 Å². The summed E-state index contributed by atoms with van der Waals surface area (Å²) in [7, 11) is 0. The fraction of sp³-hybridized carbons (Fsp3) is 0.308. The quantitative estimate of drug-likeness (QED) is 0.406. The first-order chi connectivity index (χ1) is 14.8. The molecule has 0 amide bonds. The van der Waals surface area contributed by atoms with Gasteiger partial charge in [-0.2, -0.15) is 0 Å². The Labute approximate surface area is 177 Å². The molecule has 0 bridgehead atoms. The number of ether oxygens (including phenoxy) is 2. The summed E-state index contributed by atoms with van der Waals surface area (Å²) in [5, 5.41) is 16.8. The molecule has 3 aromatic rings. The maximum absolute atomic E-state index is 10.8. The Morgan fingerprint density at radius 3 is 2.87 bits per heavy atom. The second kappa shape index (κ2) is 8.04. The maximum atomic E-state index is 10.8. The molecule has 1 aliphatic carbocycles. The summed E-state index contributed by atoms with van der Waals surface area (Å²) in [6.07, 6.45) is 5.56. The number of rotatable bonds is 6. The Morgan fingerprint density at radius 2 is 1.97 bits per heavy atom. The Hall–Kier alpha value is -2.98. The molecule has 4 nitrogen and oxygen atoms in total. The number of fused-ring (bicyclic) bond motifs is 4. The average molecular weight is 402 g/mol. The molecular weight excluding hydrogens is 374 g/mol. The highest BCUT2D eigenvalue weighted by Gasteiger charge is 2.39. The zero-order valence-corrected chi connectivity index (χ0v) is 17.2. The van der Waals surface area contributed by atoms with Gasteiger partial charge in [0, 0.05) is 23.8 Å². The fourth-order valence-electron chi connectivity index (χ4n) is 4.92. The number of allylic oxidation sites excluding steroid dienone is 2. The molecule has 1 heterocycles. The number of anilines is 1. The summed E-state index contributed by atoms with van der Waals surface area (Å²) in [5.74, 6) is 1.89. The van der Waals surface area contributed by atoms with Gasteiger partial charge in [0.25, 0.3) is 0 Å². The lowest BCUT2D eigenvalue weighted by atomic mass is 9.76. The van der Waals surface area contributed by atoms with Crippen molar-refractivity contribution in [3.63, 3.8) is 0 Å². The van der Waals surface area contributed by atoms with Crippen molar-refractivity contribution in [3.05, 3.63) is 77.9 Å². The van der Waals surface area contributed by atoms with Crippen LogP contribution in [0.2, 0.25) is 0 Å². The topological polar surface area (TPSA) is 50.7 Å². The van der Waals surface area contributed by atoms with Gasteiger partial charge in [0.15, 0.2) is 0 Å². The number of phenols is 1. The third kappa shape index (κ3) is 3.31. The van der Waals surface area contributed by atoms with E-state index in [0.29, 0.717) is 37.4 Å². The van der Waals surface area contributed by atoms with E-state index in [2.05, 4.69) is 41.7 Å². The third-order valence-electron chi connectivity index (χ3n) is 6.29. The third-order valence-corrected chi connectivity index (χ3v) is 6.29. The van der Waals surface area contributed by atoms with Gasteiger partial charge < -0.3 is 19.9 Å². The predicted octanol–water partition coefficient (Wildman–Crippen LogP) is 5.79. The second-order valence-corrected chi connectivity index (χ2v) is 7.99.